The Hall–Kier alpha value is -1.95. The Morgan fingerprint density at radius 2 is 0.878 bits per heavy atom. The van der Waals surface area contributed by atoms with E-state index in [0.717, 1.165) is 51.4 Å². The minimum atomic E-state index is -0.837. The van der Waals surface area contributed by atoms with Gasteiger partial charge in [-0.15, -0.1) is 0 Å². The molecule has 0 atom stereocenters. The Kier molecular flexibility index (Phi) is 30.5. The van der Waals surface area contributed by atoms with Gasteiger partial charge < -0.3 is 29.5 Å². The first-order valence-electron chi connectivity index (χ1n) is 20.2. The van der Waals surface area contributed by atoms with Crippen molar-refractivity contribution in [2.75, 3.05) is 38.9 Å². The summed E-state index contributed by atoms with van der Waals surface area (Å²) in [6.07, 6.45) is 26.4. The van der Waals surface area contributed by atoms with E-state index in [1.807, 2.05) is 0 Å². The summed E-state index contributed by atoms with van der Waals surface area (Å²) in [6.45, 7) is 11.1. The fourth-order valence-corrected chi connectivity index (χ4v) is 5.49. The van der Waals surface area contributed by atoms with Crippen LogP contribution in [-0.4, -0.2) is 66.1 Å². The third kappa shape index (κ3) is 24.8. The Morgan fingerprint density at radius 3 is 1.22 bits per heavy atom. The molecule has 1 heterocycles. The van der Waals surface area contributed by atoms with Gasteiger partial charge in [-0.1, -0.05) is 156 Å². The molecule has 11 nitrogen and oxygen atoms in total. The molecule has 1 aromatic heterocycles. The lowest BCUT2D eigenvalue weighted by Crippen LogP contribution is -2.39. The highest BCUT2D eigenvalue weighted by Crippen LogP contribution is 2.11. The van der Waals surface area contributed by atoms with Crippen molar-refractivity contribution in [1.82, 2.24) is 14.6 Å². The van der Waals surface area contributed by atoms with Crippen LogP contribution in [-0.2, 0) is 18.9 Å². The second-order valence-electron chi connectivity index (χ2n) is 13.2. The highest BCUT2D eigenvalue weighted by molar-refractivity contribution is 4.92. The first kappa shape index (κ1) is 45.1. The van der Waals surface area contributed by atoms with Gasteiger partial charge in [0, 0.05) is 7.05 Å². The molecule has 0 bridgehead atoms. The van der Waals surface area contributed by atoms with E-state index in [1.54, 1.807) is 7.05 Å². The van der Waals surface area contributed by atoms with Gasteiger partial charge in [0.2, 0.25) is 11.2 Å². The van der Waals surface area contributed by atoms with E-state index in [4.69, 9.17) is 23.9 Å². The number of rotatable bonds is 35. The van der Waals surface area contributed by atoms with Crippen molar-refractivity contribution < 1.29 is 24.1 Å². The summed E-state index contributed by atoms with van der Waals surface area (Å²) in [5.74, 6) is 0. The molecule has 0 aliphatic rings. The molecule has 0 fully saturated rings. The predicted octanol–water partition coefficient (Wildman–Crippen LogP) is 8.97. The maximum atomic E-state index is 10.9. The smallest absolute Gasteiger partial charge is 0.319 e. The van der Waals surface area contributed by atoms with Gasteiger partial charge in [0.05, 0.1) is 26.4 Å². The zero-order valence-electron chi connectivity index (χ0n) is 32.3. The molecule has 3 N–H and O–H groups in total. The van der Waals surface area contributed by atoms with Gasteiger partial charge in [0.25, 0.3) is 12.8 Å². The van der Waals surface area contributed by atoms with E-state index in [0.29, 0.717) is 26.4 Å². The van der Waals surface area contributed by atoms with Gasteiger partial charge >= 0.3 is 6.01 Å². The molecule has 0 unspecified atom stereocenters. The van der Waals surface area contributed by atoms with Gasteiger partial charge in [-0.2, -0.15) is 19.6 Å². The number of aromatic hydroxyl groups is 1. The van der Waals surface area contributed by atoms with Crippen LogP contribution in [0.25, 0.3) is 0 Å². The van der Waals surface area contributed by atoms with Crippen molar-refractivity contribution in [3.63, 3.8) is 0 Å². The van der Waals surface area contributed by atoms with Crippen molar-refractivity contribution in [3.8, 4) is 6.01 Å². The van der Waals surface area contributed by atoms with E-state index in [-0.39, 0.29) is 17.2 Å². The van der Waals surface area contributed by atoms with Crippen LogP contribution in [0, 0.1) is 0 Å². The summed E-state index contributed by atoms with van der Waals surface area (Å²) in [5.41, 5.74) is 3.36. The molecule has 0 aromatic carbocycles. The first-order chi connectivity index (χ1) is 24.1. The lowest BCUT2D eigenvalue weighted by molar-refractivity contribution is -0.141. The summed E-state index contributed by atoms with van der Waals surface area (Å²) in [4.78, 5) is 16.8. The monoisotopic (exact) mass is 697 g/mol. The number of hydrogen-bond acceptors (Lipinski definition) is 9. The highest BCUT2D eigenvalue weighted by atomic mass is 16.7. The second kappa shape index (κ2) is 33.2. The molecule has 1 rings (SSSR count). The van der Waals surface area contributed by atoms with Gasteiger partial charge in [-0.3, -0.25) is 4.98 Å². The summed E-state index contributed by atoms with van der Waals surface area (Å²) in [6, 6.07) is -0.296. The fraction of sp³-hybridized carbons (Fsp3) is 0.921. The van der Waals surface area contributed by atoms with Crippen LogP contribution in [0.3, 0.4) is 0 Å². The summed E-state index contributed by atoms with van der Waals surface area (Å²) in [7, 11) is 1.68. The van der Waals surface area contributed by atoms with Crippen LogP contribution in [0.1, 0.15) is 182 Å². The Bertz CT molecular complexity index is 966. The third-order valence-corrected chi connectivity index (χ3v) is 8.55. The number of aromatic amines is 1. The normalized spacial score (nSPS) is 12.6. The predicted molar refractivity (Wildman–Crippen MR) is 200 cm³/mol. The van der Waals surface area contributed by atoms with Gasteiger partial charge in [0.1, 0.15) is 0 Å². The molecule has 0 aliphatic carbocycles. The first-order valence-corrected chi connectivity index (χ1v) is 20.2. The van der Waals surface area contributed by atoms with Crippen LogP contribution >= 0.6 is 0 Å². The second-order valence-corrected chi connectivity index (χ2v) is 13.2. The zero-order chi connectivity index (χ0) is 35.6. The Balaban J connectivity index is 3.10. The number of nitrogens with zero attached hydrogens (tertiary/aromatic N) is 4. The third-order valence-electron chi connectivity index (χ3n) is 8.55. The molecule has 0 amide bonds. The van der Waals surface area contributed by atoms with Crippen molar-refractivity contribution in [2.24, 2.45) is 9.98 Å². The topological polar surface area (TPSA) is 128 Å². The molecule has 0 saturated carbocycles. The average Bonchev–Trinajstić information content (AvgIpc) is 3.09. The fourth-order valence-electron chi connectivity index (χ4n) is 5.49. The van der Waals surface area contributed by atoms with E-state index in [2.05, 4.69) is 48.1 Å². The number of hydrogen-bond donors (Lipinski definition) is 3. The molecule has 0 saturated heterocycles. The van der Waals surface area contributed by atoms with Crippen molar-refractivity contribution in [2.45, 2.75) is 195 Å². The number of aromatic nitrogens is 3. The minimum absolute atomic E-state index is 0.157. The van der Waals surface area contributed by atoms with E-state index >= 15 is 0 Å². The van der Waals surface area contributed by atoms with E-state index in [1.165, 1.54) is 107 Å². The maximum absolute atomic E-state index is 10.9. The Labute approximate surface area is 299 Å². The molecule has 0 spiro atoms. The number of nitrogens with one attached hydrogen (secondary N) is 2. The largest absolute Gasteiger partial charge is 0.479 e. The molecular formula is C38H76N6O5. The van der Waals surface area contributed by atoms with Crippen molar-refractivity contribution in [1.29, 1.82) is 0 Å². The van der Waals surface area contributed by atoms with Gasteiger partial charge in [-0.25, -0.2) is 0 Å². The van der Waals surface area contributed by atoms with E-state index in [9.17, 15) is 5.11 Å². The van der Waals surface area contributed by atoms with Crippen molar-refractivity contribution in [3.05, 3.63) is 11.2 Å². The quantitative estimate of drug-likeness (QED) is 0.0478. The highest BCUT2D eigenvalue weighted by Gasteiger charge is 2.13. The average molecular weight is 697 g/mol. The number of ether oxygens (including phenoxy) is 4. The van der Waals surface area contributed by atoms with Crippen LogP contribution in [0.2, 0.25) is 0 Å². The summed E-state index contributed by atoms with van der Waals surface area (Å²) < 4.78 is 25.8. The molecule has 0 aliphatic heterocycles. The number of H-pyrrole nitrogens is 1. The SMILES string of the molecule is CCCCCCCCOC(N=c1nc(O)n(NC)c(=NC(OCCCCCCCC)OCCCCCCCC)[nH]1)OCCCCCCCC. The summed E-state index contributed by atoms with van der Waals surface area (Å²) in [5, 5.41) is 10.9. The molecule has 11 heteroatoms. The summed E-state index contributed by atoms with van der Waals surface area (Å²) >= 11 is 0. The molecule has 288 valence electrons. The molecule has 0 radical (unpaired) electrons. The Morgan fingerprint density at radius 1 is 0.551 bits per heavy atom. The molecular weight excluding hydrogens is 620 g/mol. The zero-order valence-corrected chi connectivity index (χ0v) is 32.3. The van der Waals surface area contributed by atoms with E-state index < -0.39 is 12.8 Å². The lowest BCUT2D eigenvalue weighted by Gasteiger charge is -2.16. The minimum Gasteiger partial charge on any atom is -0.479 e. The van der Waals surface area contributed by atoms with Crippen LogP contribution in [0.5, 0.6) is 6.01 Å². The maximum Gasteiger partial charge on any atom is 0.319 e. The molecule has 1 aromatic rings. The van der Waals surface area contributed by atoms with Gasteiger partial charge in [0.15, 0.2) is 0 Å². The molecule has 49 heavy (non-hydrogen) atoms. The number of unbranched alkanes of at least 4 members (excludes halogenated alkanes) is 20. The standard InChI is InChI=1S/C38H76N6O5/c1-6-10-14-18-22-26-30-46-37(47-31-27-23-19-15-11-7-2)42-34-40-35(44(39-5)36(45)41-34)43-38(48-32-28-24-20-16-12-8-3)49-33-29-25-21-17-13-9-4/h37-39H,6-33H2,1-5H3,(H2,40,41,42,43,45). The van der Waals surface area contributed by atoms with Crippen molar-refractivity contribution >= 4 is 0 Å². The van der Waals surface area contributed by atoms with Crippen LogP contribution in [0.15, 0.2) is 9.98 Å². The van der Waals surface area contributed by atoms with Crippen LogP contribution < -0.4 is 16.7 Å². The lowest BCUT2D eigenvalue weighted by atomic mass is 10.1. The van der Waals surface area contributed by atoms with Gasteiger partial charge in [-0.05, 0) is 25.7 Å². The van der Waals surface area contributed by atoms with Crippen LogP contribution in [0.4, 0.5) is 0 Å².